The smallest absolute Gasteiger partial charge is 0.303 e. The Morgan fingerprint density at radius 1 is 1.38 bits per heavy atom. The van der Waals surface area contributed by atoms with Crippen molar-refractivity contribution in [2.45, 2.75) is 46.1 Å². The monoisotopic (exact) mass is 251 g/mol. The van der Waals surface area contributed by atoms with Crippen LogP contribution in [0.1, 0.15) is 40.0 Å². The molecule has 0 aromatic heterocycles. The number of carboxylic acid groups (broad SMARTS) is 1. The lowest BCUT2D eigenvalue weighted by atomic mass is 10.3. The van der Waals surface area contributed by atoms with Crippen LogP contribution < -0.4 is 0 Å². The predicted octanol–water partition coefficient (Wildman–Crippen LogP) is 1.30. The van der Waals surface area contributed by atoms with E-state index in [0.717, 1.165) is 6.42 Å². The van der Waals surface area contributed by atoms with Crippen LogP contribution >= 0.6 is 0 Å². The van der Waals surface area contributed by atoms with Gasteiger partial charge in [-0.25, -0.2) is 8.42 Å². The Hall–Kier alpha value is -0.620. The number of carbonyl (C=O) groups is 1. The third kappa shape index (κ3) is 5.46. The van der Waals surface area contributed by atoms with Crippen LogP contribution in [0.25, 0.3) is 0 Å². The van der Waals surface area contributed by atoms with Crippen molar-refractivity contribution in [3.63, 3.8) is 0 Å². The van der Waals surface area contributed by atoms with Crippen molar-refractivity contribution in [3.8, 4) is 0 Å². The van der Waals surface area contributed by atoms with E-state index < -0.39 is 16.0 Å². The lowest BCUT2D eigenvalue weighted by molar-refractivity contribution is -0.137. The molecule has 16 heavy (non-hydrogen) atoms. The minimum absolute atomic E-state index is 0.0743. The van der Waals surface area contributed by atoms with Gasteiger partial charge in [0, 0.05) is 19.0 Å². The fourth-order valence-electron chi connectivity index (χ4n) is 1.46. The second-order valence-corrected chi connectivity index (χ2v) is 6.06. The molecule has 0 saturated heterocycles. The van der Waals surface area contributed by atoms with Gasteiger partial charge in [-0.15, -0.1) is 0 Å². The highest BCUT2D eigenvalue weighted by Gasteiger charge is 2.23. The van der Waals surface area contributed by atoms with Gasteiger partial charge in [0.25, 0.3) is 0 Å². The van der Waals surface area contributed by atoms with Crippen LogP contribution in [-0.2, 0) is 14.8 Å². The average molecular weight is 251 g/mol. The molecule has 0 heterocycles. The molecule has 6 heteroatoms. The zero-order chi connectivity index (χ0) is 12.8. The van der Waals surface area contributed by atoms with Crippen LogP contribution in [0.15, 0.2) is 0 Å². The van der Waals surface area contributed by atoms with Gasteiger partial charge in [-0.1, -0.05) is 6.92 Å². The number of rotatable bonds is 8. The molecule has 0 amide bonds. The molecule has 0 radical (unpaired) electrons. The van der Waals surface area contributed by atoms with Gasteiger partial charge in [0.15, 0.2) is 0 Å². The summed E-state index contributed by atoms with van der Waals surface area (Å²) >= 11 is 0. The van der Waals surface area contributed by atoms with E-state index >= 15 is 0 Å². The number of hydrogen-bond donors (Lipinski definition) is 1. The van der Waals surface area contributed by atoms with Gasteiger partial charge in [-0.2, -0.15) is 4.31 Å². The largest absolute Gasteiger partial charge is 0.481 e. The van der Waals surface area contributed by atoms with Crippen molar-refractivity contribution in [1.82, 2.24) is 4.31 Å². The van der Waals surface area contributed by atoms with Gasteiger partial charge in [-0.05, 0) is 26.7 Å². The van der Waals surface area contributed by atoms with E-state index in [2.05, 4.69) is 0 Å². The minimum atomic E-state index is -3.31. The number of nitrogens with zero attached hydrogens (tertiary/aromatic N) is 1. The Morgan fingerprint density at radius 3 is 2.31 bits per heavy atom. The third-order valence-corrected chi connectivity index (χ3v) is 4.29. The predicted molar refractivity (Wildman–Crippen MR) is 62.8 cm³/mol. The molecule has 0 aliphatic carbocycles. The van der Waals surface area contributed by atoms with Crippen LogP contribution in [0.4, 0.5) is 0 Å². The molecule has 0 unspecified atom stereocenters. The lowest BCUT2D eigenvalue weighted by Crippen LogP contribution is -2.39. The van der Waals surface area contributed by atoms with Crippen LogP contribution in [0.3, 0.4) is 0 Å². The number of carboxylic acids is 1. The molecular formula is C10H21NO4S. The van der Waals surface area contributed by atoms with Crippen molar-refractivity contribution in [3.05, 3.63) is 0 Å². The summed E-state index contributed by atoms with van der Waals surface area (Å²) in [7, 11) is -3.31. The zero-order valence-corrected chi connectivity index (χ0v) is 11.0. The highest BCUT2D eigenvalue weighted by Crippen LogP contribution is 2.10. The molecule has 0 saturated carbocycles. The fourth-order valence-corrected chi connectivity index (χ4v) is 3.31. The number of aliphatic carboxylic acids is 1. The Morgan fingerprint density at radius 2 is 1.94 bits per heavy atom. The average Bonchev–Trinajstić information content (AvgIpc) is 2.12. The molecule has 0 rings (SSSR count). The van der Waals surface area contributed by atoms with Crippen LogP contribution in [-0.4, -0.2) is 42.1 Å². The van der Waals surface area contributed by atoms with Crippen LogP contribution in [0.2, 0.25) is 0 Å². The van der Waals surface area contributed by atoms with Gasteiger partial charge in [0.1, 0.15) is 0 Å². The van der Waals surface area contributed by atoms with Gasteiger partial charge in [-0.3, -0.25) is 4.79 Å². The normalized spacial score (nSPS) is 12.3. The molecule has 5 nitrogen and oxygen atoms in total. The molecule has 0 fully saturated rings. The molecule has 0 aromatic carbocycles. The SMILES string of the molecule is CCCN(C(C)C)S(=O)(=O)CCCC(=O)O. The van der Waals surface area contributed by atoms with E-state index in [1.807, 2.05) is 20.8 Å². The Balaban J connectivity index is 4.42. The van der Waals surface area contributed by atoms with E-state index in [4.69, 9.17) is 5.11 Å². The Labute approximate surface area is 97.5 Å². The standard InChI is InChI=1S/C10H21NO4S/c1-4-7-11(9(2)3)16(14,15)8-5-6-10(12)13/h9H,4-8H2,1-3H3,(H,12,13). The maximum absolute atomic E-state index is 11.9. The molecule has 0 bridgehead atoms. The van der Waals surface area contributed by atoms with Gasteiger partial charge in [0.05, 0.1) is 5.75 Å². The minimum Gasteiger partial charge on any atom is -0.481 e. The third-order valence-electron chi connectivity index (χ3n) is 2.17. The van der Waals surface area contributed by atoms with Gasteiger partial charge >= 0.3 is 5.97 Å². The molecule has 96 valence electrons. The summed E-state index contributed by atoms with van der Waals surface area (Å²) in [5, 5.41) is 8.45. The summed E-state index contributed by atoms with van der Waals surface area (Å²) in [4.78, 5) is 10.3. The first-order valence-corrected chi connectivity index (χ1v) is 7.13. The van der Waals surface area contributed by atoms with E-state index in [1.54, 1.807) is 0 Å². The zero-order valence-electron chi connectivity index (χ0n) is 10.1. The first-order chi connectivity index (χ1) is 7.31. The van der Waals surface area contributed by atoms with E-state index in [9.17, 15) is 13.2 Å². The molecule has 1 N–H and O–H groups in total. The van der Waals surface area contributed by atoms with Crippen molar-refractivity contribution < 1.29 is 18.3 Å². The van der Waals surface area contributed by atoms with Crippen LogP contribution in [0.5, 0.6) is 0 Å². The van der Waals surface area contributed by atoms with Crippen LogP contribution in [0, 0.1) is 0 Å². The molecule has 0 aromatic rings. The second kappa shape index (κ2) is 6.85. The van der Waals surface area contributed by atoms with E-state index in [-0.39, 0.29) is 24.6 Å². The van der Waals surface area contributed by atoms with E-state index in [1.165, 1.54) is 4.31 Å². The number of hydrogen-bond acceptors (Lipinski definition) is 3. The quantitative estimate of drug-likeness (QED) is 0.705. The summed E-state index contributed by atoms with van der Waals surface area (Å²) in [5.74, 6) is -1.04. The topological polar surface area (TPSA) is 74.7 Å². The summed E-state index contributed by atoms with van der Waals surface area (Å²) in [6.45, 7) is 6.06. The molecule has 0 spiro atoms. The first-order valence-electron chi connectivity index (χ1n) is 5.52. The lowest BCUT2D eigenvalue weighted by Gasteiger charge is -2.25. The molecule has 0 atom stereocenters. The molecule has 0 aliphatic rings. The van der Waals surface area contributed by atoms with Crippen molar-refractivity contribution in [2.24, 2.45) is 0 Å². The molecular weight excluding hydrogens is 230 g/mol. The maximum atomic E-state index is 11.9. The molecule has 0 aliphatic heterocycles. The van der Waals surface area contributed by atoms with Gasteiger partial charge in [0.2, 0.25) is 10.0 Å². The second-order valence-electron chi connectivity index (χ2n) is 4.02. The summed E-state index contributed by atoms with van der Waals surface area (Å²) in [5.41, 5.74) is 0. The summed E-state index contributed by atoms with van der Waals surface area (Å²) in [6.07, 6.45) is 0.832. The first kappa shape index (κ1) is 15.4. The van der Waals surface area contributed by atoms with Crippen molar-refractivity contribution in [2.75, 3.05) is 12.3 Å². The Kier molecular flexibility index (Phi) is 6.59. The number of sulfonamides is 1. The van der Waals surface area contributed by atoms with Crippen molar-refractivity contribution >= 4 is 16.0 Å². The van der Waals surface area contributed by atoms with E-state index in [0.29, 0.717) is 6.54 Å². The Bertz CT molecular complexity index is 311. The van der Waals surface area contributed by atoms with Gasteiger partial charge < -0.3 is 5.11 Å². The fraction of sp³-hybridized carbons (Fsp3) is 0.900. The highest BCUT2D eigenvalue weighted by molar-refractivity contribution is 7.89. The summed E-state index contributed by atoms with van der Waals surface area (Å²) in [6, 6.07) is -0.0743. The van der Waals surface area contributed by atoms with Crippen molar-refractivity contribution in [1.29, 1.82) is 0 Å². The summed E-state index contributed by atoms with van der Waals surface area (Å²) < 4.78 is 25.2. The highest BCUT2D eigenvalue weighted by atomic mass is 32.2. The maximum Gasteiger partial charge on any atom is 0.303 e.